The molecule has 0 amide bonds. The first-order valence-corrected chi connectivity index (χ1v) is 10.5. The van der Waals surface area contributed by atoms with E-state index in [9.17, 15) is 9.59 Å². The van der Waals surface area contributed by atoms with Crippen molar-refractivity contribution < 1.29 is 0 Å². The minimum absolute atomic E-state index is 0.186. The summed E-state index contributed by atoms with van der Waals surface area (Å²) >= 11 is 0. The molecule has 5 rings (SSSR count). The van der Waals surface area contributed by atoms with Crippen molar-refractivity contribution >= 4 is 33.6 Å². The summed E-state index contributed by atoms with van der Waals surface area (Å²) in [7, 11) is 1.65. The van der Waals surface area contributed by atoms with Crippen LogP contribution in [0.5, 0.6) is 0 Å². The Morgan fingerprint density at radius 2 is 1.88 bits per heavy atom. The number of hydrogen-bond donors (Lipinski definition) is 0. The van der Waals surface area contributed by atoms with Crippen LogP contribution in [0.4, 0.5) is 5.95 Å². The molecule has 1 aliphatic rings. The van der Waals surface area contributed by atoms with Crippen molar-refractivity contribution in [2.24, 2.45) is 12.1 Å². The average Bonchev–Trinajstić information content (AvgIpc) is 3.15. The molecule has 0 atom stereocenters. The highest BCUT2D eigenvalue weighted by Crippen LogP contribution is 2.24. The summed E-state index contributed by atoms with van der Waals surface area (Å²) in [6.45, 7) is 8.91. The second kappa shape index (κ2) is 7.33. The van der Waals surface area contributed by atoms with Crippen molar-refractivity contribution in [3.05, 3.63) is 81.0 Å². The smallest absolute Gasteiger partial charge is 0.297 e. The third kappa shape index (κ3) is 3.07. The van der Waals surface area contributed by atoms with Crippen LogP contribution in [0.15, 0.2) is 69.3 Å². The summed E-state index contributed by atoms with van der Waals surface area (Å²) in [5, 5.41) is 8.40. The zero-order valence-electron chi connectivity index (χ0n) is 18.4. The number of hydrogen-bond acceptors (Lipinski definition) is 5. The number of hydrazone groups is 1. The normalized spacial score (nSPS) is 13.5. The van der Waals surface area contributed by atoms with Crippen LogP contribution in [0, 0.1) is 0 Å². The Kier molecular flexibility index (Phi) is 4.58. The van der Waals surface area contributed by atoms with Gasteiger partial charge in [0.2, 0.25) is 5.95 Å². The number of anilines is 1. The third-order valence-electron chi connectivity index (χ3n) is 5.75. The first-order chi connectivity index (χ1) is 15.3. The summed E-state index contributed by atoms with van der Waals surface area (Å²) in [6, 6.07) is 13.9. The van der Waals surface area contributed by atoms with Crippen molar-refractivity contribution in [1.82, 2.24) is 18.7 Å². The summed E-state index contributed by atoms with van der Waals surface area (Å²) < 4.78 is 4.59. The van der Waals surface area contributed by atoms with Crippen molar-refractivity contribution in [1.29, 1.82) is 0 Å². The summed E-state index contributed by atoms with van der Waals surface area (Å²) in [6.07, 6.45) is 0. The van der Waals surface area contributed by atoms with Crippen molar-refractivity contribution in [3.63, 3.8) is 0 Å². The Morgan fingerprint density at radius 1 is 1.12 bits per heavy atom. The number of aryl methyl sites for hydroxylation is 1. The number of rotatable bonds is 4. The molecule has 162 valence electrons. The van der Waals surface area contributed by atoms with E-state index in [-0.39, 0.29) is 12.1 Å². The van der Waals surface area contributed by atoms with Crippen LogP contribution in [-0.2, 0) is 20.1 Å². The molecule has 32 heavy (non-hydrogen) atoms. The molecular formula is C24H24N6O2. The highest BCUT2D eigenvalue weighted by atomic mass is 16.2. The van der Waals surface area contributed by atoms with Gasteiger partial charge in [-0.05, 0) is 30.2 Å². The van der Waals surface area contributed by atoms with Crippen molar-refractivity contribution in [3.8, 4) is 0 Å². The molecule has 0 saturated carbocycles. The monoisotopic (exact) mass is 428 g/mol. The molecule has 0 aliphatic carbocycles. The predicted molar refractivity (Wildman–Crippen MR) is 128 cm³/mol. The maximum Gasteiger partial charge on any atom is 0.332 e. The Morgan fingerprint density at radius 3 is 2.66 bits per heavy atom. The molecule has 4 aromatic rings. The molecule has 0 bridgehead atoms. The zero-order valence-corrected chi connectivity index (χ0v) is 18.4. The number of fused-ring (bicyclic) bond motifs is 4. The summed E-state index contributed by atoms with van der Waals surface area (Å²) in [5.74, 6) is 0.545. The van der Waals surface area contributed by atoms with Gasteiger partial charge in [-0.25, -0.2) is 9.80 Å². The minimum Gasteiger partial charge on any atom is -0.297 e. The van der Waals surface area contributed by atoms with Gasteiger partial charge in [-0.2, -0.15) is 10.1 Å². The highest BCUT2D eigenvalue weighted by molar-refractivity contribution is 5.88. The quantitative estimate of drug-likeness (QED) is 0.469. The Bertz CT molecular complexity index is 1550. The fraction of sp³-hybridized carbons (Fsp3) is 0.250. The molecule has 0 radical (unpaired) electrons. The number of nitrogens with zero attached hydrogens (tertiary/aromatic N) is 6. The molecule has 2 aromatic heterocycles. The van der Waals surface area contributed by atoms with Gasteiger partial charge in [0.05, 0.1) is 25.3 Å². The van der Waals surface area contributed by atoms with Crippen molar-refractivity contribution in [2.75, 3.05) is 11.6 Å². The fourth-order valence-electron chi connectivity index (χ4n) is 4.32. The lowest BCUT2D eigenvalue weighted by molar-refractivity contribution is 0.655. The highest BCUT2D eigenvalue weighted by Gasteiger charge is 2.26. The Labute approximate surface area is 184 Å². The molecule has 0 N–H and O–H groups in total. The van der Waals surface area contributed by atoms with Gasteiger partial charge in [0.25, 0.3) is 5.56 Å². The molecule has 8 heteroatoms. The van der Waals surface area contributed by atoms with Gasteiger partial charge in [0.15, 0.2) is 11.2 Å². The standard InChI is InChI=1S/C24H24N6O2/c1-15(2)12-30-23-25-21-20(28(23)13-16(3)26-30)22(31)29(24(32)27(21)4)14-18-10-7-9-17-8-5-6-11-19(17)18/h5-11H,1,12-14H2,2-4H3. The van der Waals surface area contributed by atoms with Crippen LogP contribution >= 0.6 is 0 Å². The lowest BCUT2D eigenvalue weighted by Gasteiger charge is -2.24. The van der Waals surface area contributed by atoms with E-state index in [0.29, 0.717) is 30.2 Å². The SMILES string of the molecule is C=C(C)CN1N=C(C)Cn2c1nc1c2c(=O)n(Cc2cccc3ccccc23)c(=O)n1C. The average molecular weight is 428 g/mol. The van der Waals surface area contributed by atoms with Crippen LogP contribution in [0.1, 0.15) is 19.4 Å². The maximum atomic E-state index is 13.6. The number of imidazole rings is 1. The number of aromatic nitrogens is 4. The van der Waals surface area contributed by atoms with Crippen LogP contribution in [0.3, 0.4) is 0 Å². The molecule has 2 aromatic carbocycles. The maximum absolute atomic E-state index is 13.6. The van der Waals surface area contributed by atoms with Crippen LogP contribution in [0.2, 0.25) is 0 Å². The molecule has 1 aliphatic heterocycles. The second-order valence-electron chi connectivity index (χ2n) is 8.39. The lowest BCUT2D eigenvalue weighted by atomic mass is 10.0. The van der Waals surface area contributed by atoms with E-state index < -0.39 is 5.69 Å². The van der Waals surface area contributed by atoms with Gasteiger partial charge in [-0.3, -0.25) is 18.5 Å². The van der Waals surface area contributed by atoms with Gasteiger partial charge < -0.3 is 0 Å². The van der Waals surface area contributed by atoms with E-state index in [1.54, 1.807) is 12.1 Å². The topological polar surface area (TPSA) is 77.4 Å². The molecular weight excluding hydrogens is 404 g/mol. The number of benzene rings is 2. The van der Waals surface area contributed by atoms with Crippen LogP contribution < -0.4 is 16.3 Å². The molecule has 0 unspecified atom stereocenters. The molecule has 0 spiro atoms. The summed E-state index contributed by atoms with van der Waals surface area (Å²) in [4.78, 5) is 31.5. The van der Waals surface area contributed by atoms with E-state index in [4.69, 9.17) is 0 Å². The van der Waals surface area contributed by atoms with E-state index >= 15 is 0 Å². The lowest BCUT2D eigenvalue weighted by Crippen LogP contribution is -2.40. The van der Waals surface area contributed by atoms with Gasteiger partial charge in [-0.1, -0.05) is 54.6 Å². The summed E-state index contributed by atoms with van der Waals surface area (Å²) in [5.41, 5.74) is 2.72. The minimum atomic E-state index is -0.394. The van der Waals surface area contributed by atoms with E-state index in [2.05, 4.69) is 16.7 Å². The molecule has 0 fully saturated rings. The fourth-order valence-corrected chi connectivity index (χ4v) is 4.32. The van der Waals surface area contributed by atoms with Crippen LogP contribution in [-0.4, -0.2) is 30.9 Å². The van der Waals surface area contributed by atoms with E-state index in [0.717, 1.165) is 27.6 Å². The first kappa shape index (κ1) is 20.0. The largest absolute Gasteiger partial charge is 0.332 e. The second-order valence-corrected chi connectivity index (χ2v) is 8.39. The van der Waals surface area contributed by atoms with E-state index in [1.807, 2.05) is 60.9 Å². The van der Waals surface area contributed by atoms with Crippen LogP contribution in [0.25, 0.3) is 21.9 Å². The van der Waals surface area contributed by atoms with Gasteiger partial charge in [0, 0.05) is 7.05 Å². The van der Waals surface area contributed by atoms with Gasteiger partial charge in [0.1, 0.15) is 0 Å². The molecule has 3 heterocycles. The Hall–Kier alpha value is -3.94. The third-order valence-corrected chi connectivity index (χ3v) is 5.75. The predicted octanol–water partition coefficient (Wildman–Crippen LogP) is 2.87. The Balaban J connectivity index is 1.73. The van der Waals surface area contributed by atoms with Gasteiger partial charge >= 0.3 is 5.69 Å². The molecule has 8 nitrogen and oxygen atoms in total. The molecule has 0 saturated heterocycles. The zero-order chi connectivity index (χ0) is 22.6. The van der Waals surface area contributed by atoms with E-state index in [1.165, 1.54) is 9.13 Å². The van der Waals surface area contributed by atoms with Crippen molar-refractivity contribution in [2.45, 2.75) is 26.9 Å². The van der Waals surface area contributed by atoms with Gasteiger partial charge in [-0.15, -0.1) is 0 Å². The first-order valence-electron chi connectivity index (χ1n) is 10.5.